The van der Waals surface area contributed by atoms with E-state index in [9.17, 15) is 9.90 Å². The summed E-state index contributed by atoms with van der Waals surface area (Å²) in [6.45, 7) is 3.19. The molecule has 2 N–H and O–H groups in total. The van der Waals surface area contributed by atoms with E-state index in [4.69, 9.17) is 4.98 Å². The fourth-order valence-corrected chi connectivity index (χ4v) is 5.38. The normalized spacial score (nSPS) is 20.4. The smallest absolute Gasteiger partial charge is 0.407 e. The number of carboxylic acid groups (broad SMARTS) is 1. The molecular formula is C25H27N7O2. The van der Waals surface area contributed by atoms with Crippen molar-refractivity contribution in [1.29, 1.82) is 0 Å². The van der Waals surface area contributed by atoms with Gasteiger partial charge in [0.15, 0.2) is 0 Å². The van der Waals surface area contributed by atoms with Crippen LogP contribution in [0.4, 0.5) is 16.6 Å². The van der Waals surface area contributed by atoms with Gasteiger partial charge in [-0.2, -0.15) is 4.98 Å². The zero-order valence-electron chi connectivity index (χ0n) is 19.1. The second-order valence-electron chi connectivity index (χ2n) is 9.52. The van der Waals surface area contributed by atoms with Crippen molar-refractivity contribution in [1.82, 2.24) is 29.4 Å². The summed E-state index contributed by atoms with van der Waals surface area (Å²) in [4.78, 5) is 31.1. The molecule has 4 aromatic heterocycles. The van der Waals surface area contributed by atoms with Crippen molar-refractivity contribution >= 4 is 39.8 Å². The summed E-state index contributed by atoms with van der Waals surface area (Å²) in [6.07, 6.45) is 11.9. The molecule has 174 valence electrons. The number of aromatic nitrogens is 5. The van der Waals surface area contributed by atoms with Gasteiger partial charge in [-0.25, -0.2) is 14.8 Å². The summed E-state index contributed by atoms with van der Waals surface area (Å²) in [5.41, 5.74) is 4.08. The average Bonchev–Trinajstić information content (AvgIpc) is 3.18. The average molecular weight is 458 g/mol. The lowest BCUT2D eigenvalue weighted by molar-refractivity contribution is 0.140. The van der Waals surface area contributed by atoms with E-state index < -0.39 is 6.09 Å². The first-order valence-electron chi connectivity index (χ1n) is 11.9. The number of amides is 1. The molecule has 5 heterocycles. The van der Waals surface area contributed by atoms with Crippen LogP contribution in [0.25, 0.3) is 21.9 Å². The highest BCUT2D eigenvalue weighted by Crippen LogP contribution is 2.38. The second-order valence-corrected chi connectivity index (χ2v) is 9.52. The molecule has 0 aromatic carbocycles. The third-order valence-electron chi connectivity index (χ3n) is 7.30. The Balaban J connectivity index is 1.35. The standard InChI is InChI=1S/C25H27N7O2/c1-15-2-4-18(5-3-15)32-21-13-26-8-6-19(21)20-12-28-24(30-23(20)32)29-22-10-16-7-9-31(25(33)34)14-17(16)11-27-22/h6,8,10-13,15,18H,2-5,7,9,14H2,1H3,(H,33,34)(H,27,28,29,30)/t15-,18-. The topological polar surface area (TPSA) is 109 Å². The molecule has 0 radical (unpaired) electrons. The number of hydrogen-bond donors (Lipinski definition) is 2. The quantitative estimate of drug-likeness (QED) is 0.450. The Morgan fingerprint density at radius 1 is 1.09 bits per heavy atom. The van der Waals surface area contributed by atoms with E-state index >= 15 is 0 Å². The summed E-state index contributed by atoms with van der Waals surface area (Å²) >= 11 is 0. The van der Waals surface area contributed by atoms with Crippen LogP contribution in [0.15, 0.2) is 36.9 Å². The molecule has 1 aliphatic carbocycles. The van der Waals surface area contributed by atoms with Gasteiger partial charge < -0.3 is 19.9 Å². The maximum atomic E-state index is 11.3. The molecule has 9 heteroatoms. The third-order valence-corrected chi connectivity index (χ3v) is 7.30. The highest BCUT2D eigenvalue weighted by atomic mass is 16.4. The summed E-state index contributed by atoms with van der Waals surface area (Å²) in [7, 11) is 0. The molecule has 34 heavy (non-hydrogen) atoms. The first-order chi connectivity index (χ1) is 16.6. The number of nitrogens with zero attached hydrogens (tertiary/aromatic N) is 6. The van der Waals surface area contributed by atoms with Crippen LogP contribution in [0.2, 0.25) is 0 Å². The van der Waals surface area contributed by atoms with Crippen molar-refractivity contribution in [2.75, 3.05) is 11.9 Å². The lowest BCUT2D eigenvalue weighted by Crippen LogP contribution is -2.34. The number of anilines is 2. The molecule has 0 unspecified atom stereocenters. The first kappa shape index (κ1) is 20.8. The molecule has 1 saturated carbocycles. The zero-order valence-corrected chi connectivity index (χ0v) is 19.1. The number of nitrogens with one attached hydrogen (secondary N) is 1. The highest BCUT2D eigenvalue weighted by Gasteiger charge is 2.25. The Morgan fingerprint density at radius 2 is 1.94 bits per heavy atom. The van der Waals surface area contributed by atoms with Gasteiger partial charge in [0.25, 0.3) is 0 Å². The van der Waals surface area contributed by atoms with E-state index in [2.05, 4.69) is 31.8 Å². The van der Waals surface area contributed by atoms with Gasteiger partial charge in [-0.05, 0) is 61.3 Å². The van der Waals surface area contributed by atoms with E-state index in [1.54, 1.807) is 6.20 Å². The first-order valence-corrected chi connectivity index (χ1v) is 11.9. The van der Waals surface area contributed by atoms with Gasteiger partial charge in [-0.3, -0.25) is 4.98 Å². The molecule has 1 fully saturated rings. The van der Waals surface area contributed by atoms with Gasteiger partial charge in [-0.15, -0.1) is 0 Å². The molecule has 2 aliphatic rings. The Kier molecular flexibility index (Phi) is 5.04. The molecule has 1 aliphatic heterocycles. The lowest BCUT2D eigenvalue weighted by Gasteiger charge is -2.28. The Morgan fingerprint density at radius 3 is 2.76 bits per heavy atom. The summed E-state index contributed by atoms with van der Waals surface area (Å²) in [5, 5.41) is 14.7. The zero-order chi connectivity index (χ0) is 23.2. The molecule has 1 amide bonds. The van der Waals surface area contributed by atoms with Crippen molar-refractivity contribution in [3.05, 3.63) is 48.0 Å². The maximum Gasteiger partial charge on any atom is 0.407 e. The molecular weight excluding hydrogens is 430 g/mol. The Hall–Kier alpha value is -3.75. The molecule has 4 aromatic rings. The highest BCUT2D eigenvalue weighted by molar-refractivity contribution is 6.06. The van der Waals surface area contributed by atoms with E-state index in [1.807, 2.05) is 30.7 Å². The minimum atomic E-state index is -0.896. The van der Waals surface area contributed by atoms with Gasteiger partial charge in [-0.1, -0.05) is 6.92 Å². The predicted octanol–water partition coefficient (Wildman–Crippen LogP) is 4.91. The van der Waals surface area contributed by atoms with Crippen LogP contribution in [0.5, 0.6) is 0 Å². The molecule has 0 spiro atoms. The molecule has 0 atom stereocenters. The van der Waals surface area contributed by atoms with Crippen LogP contribution < -0.4 is 5.32 Å². The van der Waals surface area contributed by atoms with Crippen LogP contribution in [0.3, 0.4) is 0 Å². The number of rotatable bonds is 3. The van der Waals surface area contributed by atoms with Crippen molar-refractivity contribution < 1.29 is 9.90 Å². The lowest BCUT2D eigenvalue weighted by atomic mass is 9.87. The number of fused-ring (bicyclic) bond motifs is 4. The molecule has 0 bridgehead atoms. The monoisotopic (exact) mass is 457 g/mol. The third kappa shape index (κ3) is 3.61. The largest absolute Gasteiger partial charge is 0.465 e. The van der Waals surface area contributed by atoms with Gasteiger partial charge in [0.05, 0.1) is 18.3 Å². The fraction of sp³-hybridized carbons (Fsp3) is 0.400. The van der Waals surface area contributed by atoms with Crippen molar-refractivity contribution in [3.63, 3.8) is 0 Å². The van der Waals surface area contributed by atoms with Crippen LogP contribution in [-0.2, 0) is 13.0 Å². The Labute approximate surface area is 196 Å². The van der Waals surface area contributed by atoms with Crippen molar-refractivity contribution in [2.45, 2.75) is 51.6 Å². The minimum Gasteiger partial charge on any atom is -0.465 e. The number of hydrogen-bond acceptors (Lipinski definition) is 6. The Bertz CT molecular complexity index is 1390. The molecule has 9 nitrogen and oxygen atoms in total. The van der Waals surface area contributed by atoms with E-state index in [-0.39, 0.29) is 0 Å². The van der Waals surface area contributed by atoms with E-state index in [0.717, 1.165) is 51.8 Å². The van der Waals surface area contributed by atoms with Gasteiger partial charge in [0.2, 0.25) is 5.95 Å². The molecule has 0 saturated heterocycles. The summed E-state index contributed by atoms with van der Waals surface area (Å²) in [6, 6.07) is 4.42. The van der Waals surface area contributed by atoms with E-state index in [0.29, 0.717) is 37.3 Å². The molecule has 6 rings (SSSR count). The van der Waals surface area contributed by atoms with Crippen LogP contribution in [-0.4, -0.2) is 47.1 Å². The SMILES string of the molecule is C[C@H]1CC[C@H](n2c3cnccc3c3cnc(Nc4cc5c(cn4)CN(C(=O)O)CC5)nc32)CC1. The fourth-order valence-electron chi connectivity index (χ4n) is 5.38. The van der Waals surface area contributed by atoms with Gasteiger partial charge in [0, 0.05) is 41.9 Å². The van der Waals surface area contributed by atoms with Crippen molar-refractivity contribution in [3.8, 4) is 0 Å². The number of carbonyl (C=O) groups is 1. The second kappa shape index (κ2) is 8.23. The minimum absolute atomic E-state index is 0.370. The summed E-state index contributed by atoms with van der Waals surface area (Å²) in [5.74, 6) is 1.94. The van der Waals surface area contributed by atoms with Crippen LogP contribution in [0, 0.1) is 5.92 Å². The maximum absolute atomic E-state index is 11.3. The summed E-state index contributed by atoms with van der Waals surface area (Å²) < 4.78 is 2.36. The van der Waals surface area contributed by atoms with Gasteiger partial charge >= 0.3 is 6.09 Å². The van der Waals surface area contributed by atoms with Crippen molar-refractivity contribution in [2.24, 2.45) is 5.92 Å². The van der Waals surface area contributed by atoms with Crippen LogP contribution >= 0.6 is 0 Å². The predicted molar refractivity (Wildman–Crippen MR) is 129 cm³/mol. The van der Waals surface area contributed by atoms with E-state index in [1.165, 1.54) is 17.7 Å². The van der Waals surface area contributed by atoms with Gasteiger partial charge in [0.1, 0.15) is 11.5 Å². The van der Waals surface area contributed by atoms with Crippen LogP contribution in [0.1, 0.15) is 49.8 Å². The number of pyridine rings is 2.